The molecule has 0 aliphatic heterocycles. The molecule has 0 bridgehead atoms. The van der Waals surface area contributed by atoms with Gasteiger partial charge in [0.25, 0.3) is 0 Å². The largest absolute Gasteiger partial charge is 0.469 e. The quantitative estimate of drug-likeness (QED) is 0.704. The van der Waals surface area contributed by atoms with Gasteiger partial charge < -0.3 is 9.47 Å². The molecule has 0 aliphatic carbocycles. The predicted octanol–water partition coefficient (Wildman–Crippen LogP) is 4.96. The van der Waals surface area contributed by atoms with Gasteiger partial charge in [-0.3, -0.25) is 4.79 Å². The Labute approximate surface area is 139 Å². The van der Waals surface area contributed by atoms with Gasteiger partial charge in [0, 0.05) is 10.9 Å². The van der Waals surface area contributed by atoms with Crippen molar-refractivity contribution in [2.45, 2.75) is 26.7 Å². The van der Waals surface area contributed by atoms with Crippen LogP contribution in [-0.2, 0) is 16.0 Å². The summed E-state index contributed by atoms with van der Waals surface area (Å²) < 4.78 is 11.6. The van der Waals surface area contributed by atoms with Gasteiger partial charge in [-0.2, -0.15) is 0 Å². The zero-order valence-electron chi connectivity index (χ0n) is 13.0. The van der Waals surface area contributed by atoms with Gasteiger partial charge in [-0.25, -0.2) is 0 Å². The van der Waals surface area contributed by atoms with E-state index in [9.17, 15) is 4.79 Å². The summed E-state index contributed by atoms with van der Waals surface area (Å²) in [5.41, 5.74) is 3.37. The smallest absolute Gasteiger partial charge is 0.305 e. The van der Waals surface area contributed by atoms with Gasteiger partial charge in [0.2, 0.25) is 0 Å². The zero-order chi connectivity index (χ0) is 16.1. The fourth-order valence-electron chi connectivity index (χ4n) is 2.25. The van der Waals surface area contributed by atoms with Crippen molar-refractivity contribution in [3.05, 3.63) is 57.6 Å². The highest BCUT2D eigenvalue weighted by molar-refractivity contribution is 9.10. The molecule has 0 aromatic heterocycles. The number of hydrogen-bond acceptors (Lipinski definition) is 3. The van der Waals surface area contributed by atoms with Crippen LogP contribution in [0.25, 0.3) is 0 Å². The van der Waals surface area contributed by atoms with Crippen molar-refractivity contribution >= 4 is 21.9 Å². The van der Waals surface area contributed by atoms with Crippen LogP contribution >= 0.6 is 15.9 Å². The van der Waals surface area contributed by atoms with Crippen molar-refractivity contribution in [3.63, 3.8) is 0 Å². The minimum absolute atomic E-state index is 0.190. The lowest BCUT2D eigenvalue weighted by Gasteiger charge is -2.11. The van der Waals surface area contributed by atoms with Gasteiger partial charge in [0.1, 0.15) is 11.5 Å². The first kappa shape index (κ1) is 16.6. The Balaban J connectivity index is 2.10. The monoisotopic (exact) mass is 362 g/mol. The highest BCUT2D eigenvalue weighted by Crippen LogP contribution is 2.27. The standard InChI is InChI=1S/C18H19BrO3/c1-12-8-15(19)11-17(9-12)22-16-6-4-14(13(2)10-16)5-7-18(20)21-3/h4,6,8-11H,5,7H2,1-3H3. The second kappa shape index (κ2) is 7.45. The lowest BCUT2D eigenvalue weighted by molar-refractivity contribution is -0.140. The molecule has 22 heavy (non-hydrogen) atoms. The van der Waals surface area contributed by atoms with Gasteiger partial charge >= 0.3 is 5.97 Å². The summed E-state index contributed by atoms with van der Waals surface area (Å²) >= 11 is 3.47. The van der Waals surface area contributed by atoms with Crippen LogP contribution in [0.4, 0.5) is 0 Å². The maximum atomic E-state index is 11.2. The van der Waals surface area contributed by atoms with E-state index in [1.807, 2.05) is 50.2 Å². The Morgan fingerprint density at radius 3 is 2.50 bits per heavy atom. The molecule has 0 radical (unpaired) electrons. The maximum Gasteiger partial charge on any atom is 0.305 e. The molecule has 0 spiro atoms. The van der Waals surface area contributed by atoms with Gasteiger partial charge in [0.15, 0.2) is 0 Å². The molecule has 116 valence electrons. The van der Waals surface area contributed by atoms with Gasteiger partial charge in [0.05, 0.1) is 7.11 Å². The number of halogens is 1. The van der Waals surface area contributed by atoms with Crippen LogP contribution in [0.15, 0.2) is 40.9 Å². The van der Waals surface area contributed by atoms with E-state index in [-0.39, 0.29) is 5.97 Å². The van der Waals surface area contributed by atoms with E-state index in [2.05, 4.69) is 20.7 Å². The van der Waals surface area contributed by atoms with Crippen LogP contribution < -0.4 is 4.74 Å². The molecule has 3 nitrogen and oxygen atoms in total. The topological polar surface area (TPSA) is 35.5 Å². The average molecular weight is 363 g/mol. The summed E-state index contributed by atoms with van der Waals surface area (Å²) in [6.45, 7) is 4.05. The van der Waals surface area contributed by atoms with E-state index in [4.69, 9.17) is 4.74 Å². The molecule has 0 unspecified atom stereocenters. The average Bonchev–Trinajstić information content (AvgIpc) is 2.45. The highest BCUT2D eigenvalue weighted by Gasteiger charge is 2.06. The van der Waals surface area contributed by atoms with Crippen LogP contribution in [0, 0.1) is 13.8 Å². The van der Waals surface area contributed by atoms with Crippen molar-refractivity contribution in [2.24, 2.45) is 0 Å². The van der Waals surface area contributed by atoms with Crippen LogP contribution in [0.5, 0.6) is 11.5 Å². The Morgan fingerprint density at radius 1 is 1.09 bits per heavy atom. The minimum atomic E-state index is -0.190. The molecule has 4 heteroatoms. The maximum absolute atomic E-state index is 11.2. The molecule has 0 saturated carbocycles. The molecule has 0 atom stereocenters. The van der Waals surface area contributed by atoms with E-state index in [0.717, 1.165) is 32.7 Å². The van der Waals surface area contributed by atoms with Crippen LogP contribution in [-0.4, -0.2) is 13.1 Å². The van der Waals surface area contributed by atoms with Crippen molar-refractivity contribution in [1.29, 1.82) is 0 Å². The third-order valence-electron chi connectivity index (χ3n) is 3.39. The first-order valence-electron chi connectivity index (χ1n) is 7.09. The Bertz CT molecular complexity index is 660. The molecule has 0 amide bonds. The minimum Gasteiger partial charge on any atom is -0.469 e. The number of methoxy groups -OCH3 is 1. The van der Waals surface area contributed by atoms with Crippen molar-refractivity contribution in [3.8, 4) is 11.5 Å². The van der Waals surface area contributed by atoms with Crippen molar-refractivity contribution in [1.82, 2.24) is 0 Å². The summed E-state index contributed by atoms with van der Waals surface area (Å²) in [7, 11) is 1.41. The fraction of sp³-hybridized carbons (Fsp3) is 0.278. The fourth-order valence-corrected chi connectivity index (χ4v) is 2.84. The Hall–Kier alpha value is -1.81. The SMILES string of the molecule is COC(=O)CCc1ccc(Oc2cc(C)cc(Br)c2)cc1C. The number of benzene rings is 2. The highest BCUT2D eigenvalue weighted by atomic mass is 79.9. The summed E-state index contributed by atoms with van der Waals surface area (Å²) in [4.78, 5) is 11.2. The number of hydrogen-bond donors (Lipinski definition) is 0. The Morgan fingerprint density at radius 2 is 1.86 bits per heavy atom. The summed E-state index contributed by atoms with van der Waals surface area (Å²) in [6, 6.07) is 11.9. The molecule has 0 aliphatic rings. The van der Waals surface area contributed by atoms with E-state index in [1.165, 1.54) is 7.11 Å². The van der Waals surface area contributed by atoms with Crippen molar-refractivity contribution < 1.29 is 14.3 Å². The first-order chi connectivity index (χ1) is 10.5. The van der Waals surface area contributed by atoms with Gasteiger partial charge in [-0.1, -0.05) is 22.0 Å². The van der Waals surface area contributed by atoms with E-state index < -0.39 is 0 Å². The van der Waals surface area contributed by atoms with E-state index in [1.54, 1.807) is 0 Å². The molecule has 0 saturated heterocycles. The molecular formula is C18H19BrO3. The second-order valence-corrected chi connectivity index (χ2v) is 6.15. The van der Waals surface area contributed by atoms with E-state index in [0.29, 0.717) is 12.8 Å². The third-order valence-corrected chi connectivity index (χ3v) is 3.85. The molecule has 2 rings (SSSR count). The lowest BCUT2D eigenvalue weighted by Crippen LogP contribution is -2.02. The summed E-state index contributed by atoms with van der Waals surface area (Å²) in [5.74, 6) is 1.40. The van der Waals surface area contributed by atoms with E-state index >= 15 is 0 Å². The Kier molecular flexibility index (Phi) is 5.61. The molecule has 0 heterocycles. The second-order valence-electron chi connectivity index (χ2n) is 5.23. The molecule has 2 aromatic rings. The van der Waals surface area contributed by atoms with Crippen LogP contribution in [0.1, 0.15) is 23.1 Å². The molecular weight excluding hydrogens is 344 g/mol. The molecule has 0 N–H and O–H groups in total. The van der Waals surface area contributed by atoms with Gasteiger partial charge in [-0.05, 0) is 67.3 Å². The van der Waals surface area contributed by atoms with Crippen LogP contribution in [0.2, 0.25) is 0 Å². The first-order valence-corrected chi connectivity index (χ1v) is 7.88. The van der Waals surface area contributed by atoms with Crippen LogP contribution in [0.3, 0.4) is 0 Å². The molecule has 2 aromatic carbocycles. The number of ether oxygens (including phenoxy) is 2. The number of rotatable bonds is 5. The number of aryl methyl sites for hydroxylation is 3. The summed E-state index contributed by atoms with van der Waals surface area (Å²) in [5, 5.41) is 0. The number of carbonyl (C=O) groups is 1. The third kappa shape index (κ3) is 4.60. The normalized spacial score (nSPS) is 10.4. The summed E-state index contributed by atoms with van der Waals surface area (Å²) in [6.07, 6.45) is 1.07. The van der Waals surface area contributed by atoms with Gasteiger partial charge in [-0.15, -0.1) is 0 Å². The number of carbonyl (C=O) groups excluding carboxylic acids is 1. The lowest BCUT2D eigenvalue weighted by atomic mass is 10.0. The zero-order valence-corrected chi connectivity index (χ0v) is 14.6. The predicted molar refractivity (Wildman–Crippen MR) is 90.5 cm³/mol. The molecule has 0 fully saturated rings. The number of esters is 1. The van der Waals surface area contributed by atoms with Crippen molar-refractivity contribution in [2.75, 3.05) is 7.11 Å².